The van der Waals surface area contributed by atoms with Crippen LogP contribution in [0.15, 0.2) is 24.3 Å². The van der Waals surface area contributed by atoms with Crippen molar-refractivity contribution >= 4 is 22.6 Å². The quantitative estimate of drug-likeness (QED) is 0.906. The van der Waals surface area contributed by atoms with E-state index < -0.39 is 11.5 Å². The molecular formula is C16H19N3O2. The van der Waals surface area contributed by atoms with E-state index >= 15 is 0 Å². The molecule has 1 aromatic carbocycles. The van der Waals surface area contributed by atoms with Gasteiger partial charge in [-0.3, -0.25) is 0 Å². The summed E-state index contributed by atoms with van der Waals surface area (Å²) in [4.78, 5) is 11.8. The maximum Gasteiger partial charge on any atom is 0.329 e. The molecule has 2 N–H and O–H groups in total. The molecule has 3 rings (SSSR count). The zero-order valence-corrected chi connectivity index (χ0v) is 12.1. The van der Waals surface area contributed by atoms with Gasteiger partial charge in [0.15, 0.2) is 5.82 Å². The highest BCUT2D eigenvalue weighted by molar-refractivity contribution is 5.95. The molecule has 0 spiro atoms. The van der Waals surface area contributed by atoms with Gasteiger partial charge >= 0.3 is 5.97 Å². The van der Waals surface area contributed by atoms with Gasteiger partial charge in [-0.05, 0) is 19.8 Å². The van der Waals surface area contributed by atoms with E-state index in [0.29, 0.717) is 18.7 Å². The van der Waals surface area contributed by atoms with Crippen molar-refractivity contribution in [3.63, 3.8) is 0 Å². The van der Waals surface area contributed by atoms with Gasteiger partial charge in [0.1, 0.15) is 5.54 Å². The number of fused-ring (bicyclic) bond motifs is 1. The fourth-order valence-corrected chi connectivity index (χ4v) is 3.10. The van der Waals surface area contributed by atoms with Crippen LogP contribution in [0.5, 0.6) is 0 Å². The van der Waals surface area contributed by atoms with Gasteiger partial charge in [-0.2, -0.15) is 5.10 Å². The number of rotatable bonds is 3. The Kier molecular flexibility index (Phi) is 3.49. The molecule has 2 aromatic rings. The molecule has 1 saturated carbocycles. The highest BCUT2D eigenvalue weighted by Crippen LogP contribution is 2.33. The summed E-state index contributed by atoms with van der Waals surface area (Å²) in [5, 5.41) is 23.2. The van der Waals surface area contributed by atoms with Crippen molar-refractivity contribution in [2.75, 3.05) is 5.32 Å². The molecular weight excluding hydrogens is 266 g/mol. The number of nitrogens with zero attached hydrogens (tertiary/aromatic N) is 2. The lowest BCUT2D eigenvalue weighted by atomic mass is 9.81. The summed E-state index contributed by atoms with van der Waals surface area (Å²) in [7, 11) is 0. The molecule has 1 fully saturated rings. The van der Waals surface area contributed by atoms with Gasteiger partial charge in [-0.1, -0.05) is 43.5 Å². The van der Waals surface area contributed by atoms with Gasteiger partial charge < -0.3 is 10.4 Å². The molecule has 0 bridgehead atoms. The highest BCUT2D eigenvalue weighted by atomic mass is 16.4. The second kappa shape index (κ2) is 5.31. The second-order valence-electron chi connectivity index (χ2n) is 5.75. The normalized spacial score (nSPS) is 17.6. The first-order valence-electron chi connectivity index (χ1n) is 7.36. The highest BCUT2D eigenvalue weighted by Gasteiger charge is 2.40. The minimum Gasteiger partial charge on any atom is -0.480 e. The Hall–Kier alpha value is -2.17. The van der Waals surface area contributed by atoms with Crippen LogP contribution < -0.4 is 5.32 Å². The fourth-order valence-electron chi connectivity index (χ4n) is 3.10. The third kappa shape index (κ3) is 2.44. The van der Waals surface area contributed by atoms with Crippen LogP contribution in [0.4, 0.5) is 5.82 Å². The Morgan fingerprint density at radius 3 is 2.48 bits per heavy atom. The number of carboxylic acid groups (broad SMARTS) is 1. The summed E-state index contributed by atoms with van der Waals surface area (Å²) in [5.41, 5.74) is -0.0607. The van der Waals surface area contributed by atoms with Gasteiger partial charge in [-0.25, -0.2) is 4.79 Å². The van der Waals surface area contributed by atoms with E-state index in [9.17, 15) is 9.90 Å². The van der Waals surface area contributed by atoms with E-state index in [0.717, 1.165) is 35.7 Å². The molecule has 21 heavy (non-hydrogen) atoms. The summed E-state index contributed by atoms with van der Waals surface area (Å²) in [6.45, 7) is 1.91. The molecule has 5 nitrogen and oxygen atoms in total. The number of nitrogens with one attached hydrogen (secondary N) is 1. The zero-order chi connectivity index (χ0) is 14.9. The average molecular weight is 285 g/mol. The second-order valence-corrected chi connectivity index (χ2v) is 5.75. The van der Waals surface area contributed by atoms with Crippen LogP contribution >= 0.6 is 0 Å². The lowest BCUT2D eigenvalue weighted by Gasteiger charge is -2.34. The summed E-state index contributed by atoms with van der Waals surface area (Å²) >= 11 is 0. The largest absolute Gasteiger partial charge is 0.480 e. The maximum absolute atomic E-state index is 11.8. The molecule has 1 aliphatic carbocycles. The molecule has 110 valence electrons. The zero-order valence-electron chi connectivity index (χ0n) is 12.1. The van der Waals surface area contributed by atoms with Gasteiger partial charge in [0.05, 0.1) is 5.69 Å². The van der Waals surface area contributed by atoms with Gasteiger partial charge in [0.2, 0.25) is 0 Å². The van der Waals surface area contributed by atoms with E-state index in [1.807, 2.05) is 31.2 Å². The summed E-state index contributed by atoms with van der Waals surface area (Å²) in [6.07, 6.45) is 4.21. The third-order valence-corrected chi connectivity index (χ3v) is 4.35. The number of anilines is 1. The van der Waals surface area contributed by atoms with E-state index in [2.05, 4.69) is 15.5 Å². The molecule has 1 heterocycles. The van der Waals surface area contributed by atoms with Crippen molar-refractivity contribution in [3.05, 3.63) is 30.0 Å². The van der Waals surface area contributed by atoms with Crippen LogP contribution in [0.1, 0.15) is 37.8 Å². The van der Waals surface area contributed by atoms with Crippen LogP contribution in [-0.4, -0.2) is 26.8 Å². The predicted molar refractivity (Wildman–Crippen MR) is 81.3 cm³/mol. The number of aromatic nitrogens is 2. The van der Waals surface area contributed by atoms with Crippen molar-refractivity contribution < 1.29 is 9.90 Å². The van der Waals surface area contributed by atoms with Crippen molar-refractivity contribution in [2.45, 2.75) is 44.6 Å². The fraction of sp³-hybridized carbons (Fsp3) is 0.438. The maximum atomic E-state index is 11.8. The van der Waals surface area contributed by atoms with Gasteiger partial charge in [0, 0.05) is 10.8 Å². The summed E-state index contributed by atoms with van der Waals surface area (Å²) < 4.78 is 0. The van der Waals surface area contributed by atoms with E-state index in [1.54, 1.807) is 0 Å². The predicted octanol–water partition coefficient (Wildman–Crippen LogP) is 3.14. The van der Waals surface area contributed by atoms with Crippen molar-refractivity contribution in [3.8, 4) is 0 Å². The molecule has 0 amide bonds. The van der Waals surface area contributed by atoms with Crippen molar-refractivity contribution in [1.82, 2.24) is 10.2 Å². The first kappa shape index (κ1) is 13.8. The number of aliphatic carboxylic acids is 1. The standard InChI is InChI=1S/C16H19N3O2/c1-11-12-7-3-4-8-13(12)14(19-18-11)17-16(15(20)21)9-5-2-6-10-16/h3-4,7-8H,2,5-6,9-10H2,1H3,(H,17,19)(H,20,21). The molecule has 5 heteroatoms. The van der Waals surface area contributed by atoms with Crippen LogP contribution in [0.25, 0.3) is 10.8 Å². The Morgan fingerprint density at radius 2 is 1.81 bits per heavy atom. The SMILES string of the molecule is Cc1nnc(NC2(C(=O)O)CCCCC2)c2ccccc12. The van der Waals surface area contributed by atoms with Gasteiger partial charge in [-0.15, -0.1) is 5.10 Å². The number of aryl methyl sites for hydroxylation is 1. The number of hydrogen-bond acceptors (Lipinski definition) is 4. The average Bonchev–Trinajstić information content (AvgIpc) is 2.51. The minimum absolute atomic E-state index is 0.570. The van der Waals surface area contributed by atoms with Crippen LogP contribution in [-0.2, 0) is 4.79 Å². The lowest BCUT2D eigenvalue weighted by Crippen LogP contribution is -2.48. The molecule has 0 radical (unpaired) electrons. The monoisotopic (exact) mass is 285 g/mol. The molecule has 1 aliphatic rings. The van der Waals surface area contributed by atoms with Crippen LogP contribution in [0.3, 0.4) is 0 Å². The van der Waals surface area contributed by atoms with Gasteiger partial charge in [0.25, 0.3) is 0 Å². The number of carboxylic acids is 1. The Labute approximate surface area is 123 Å². The molecule has 0 aliphatic heterocycles. The number of carbonyl (C=O) groups is 1. The Bertz CT molecular complexity index is 678. The van der Waals surface area contributed by atoms with Crippen LogP contribution in [0, 0.1) is 6.92 Å². The minimum atomic E-state index is -0.912. The third-order valence-electron chi connectivity index (χ3n) is 4.35. The Morgan fingerprint density at radius 1 is 1.14 bits per heavy atom. The molecule has 1 aromatic heterocycles. The first-order chi connectivity index (χ1) is 10.1. The van der Waals surface area contributed by atoms with E-state index in [1.165, 1.54) is 0 Å². The van der Waals surface area contributed by atoms with E-state index in [4.69, 9.17) is 0 Å². The Balaban J connectivity index is 2.04. The summed E-state index contributed by atoms with van der Waals surface area (Å²) in [6, 6.07) is 7.83. The lowest BCUT2D eigenvalue weighted by molar-refractivity contribution is -0.143. The van der Waals surface area contributed by atoms with Crippen LogP contribution in [0.2, 0.25) is 0 Å². The van der Waals surface area contributed by atoms with Crippen molar-refractivity contribution in [1.29, 1.82) is 0 Å². The smallest absolute Gasteiger partial charge is 0.329 e. The molecule has 0 saturated heterocycles. The number of benzene rings is 1. The topological polar surface area (TPSA) is 75.1 Å². The van der Waals surface area contributed by atoms with E-state index in [-0.39, 0.29) is 0 Å². The molecule has 0 unspecified atom stereocenters. The number of hydrogen-bond donors (Lipinski definition) is 2. The molecule has 0 atom stereocenters. The summed E-state index contributed by atoms with van der Waals surface area (Å²) in [5.74, 6) is -0.228. The van der Waals surface area contributed by atoms with Crippen molar-refractivity contribution in [2.24, 2.45) is 0 Å². The first-order valence-corrected chi connectivity index (χ1v) is 7.36.